The summed E-state index contributed by atoms with van der Waals surface area (Å²) < 4.78 is 6.04. The van der Waals surface area contributed by atoms with Gasteiger partial charge < -0.3 is 4.74 Å². The molecule has 2 aromatic rings. The lowest BCUT2D eigenvalue weighted by molar-refractivity contribution is 0.0734. The number of pyridine rings is 1. The summed E-state index contributed by atoms with van der Waals surface area (Å²) in [4.78, 5) is 15.8. The molecule has 0 aliphatic carbocycles. The number of ether oxygens (including phenoxy) is 1. The zero-order valence-electron chi connectivity index (χ0n) is 10.1. The molecule has 0 N–H and O–H groups in total. The Labute approximate surface area is 114 Å². The fourth-order valence-electron chi connectivity index (χ4n) is 1.47. The normalized spacial score (nSPS) is 10.2. The minimum Gasteiger partial charge on any atom is -0.423 e. The van der Waals surface area contributed by atoms with Gasteiger partial charge in [-0.05, 0) is 59.1 Å². The summed E-state index contributed by atoms with van der Waals surface area (Å²) in [5.41, 5.74) is 2.68. The Morgan fingerprint density at radius 3 is 2.61 bits per heavy atom. The maximum Gasteiger partial charge on any atom is 0.345 e. The van der Waals surface area contributed by atoms with Crippen molar-refractivity contribution in [1.82, 2.24) is 4.98 Å². The number of benzene rings is 1. The first kappa shape index (κ1) is 12.8. The Bertz CT molecular complexity index is 596. The largest absolute Gasteiger partial charge is 0.423 e. The van der Waals surface area contributed by atoms with Gasteiger partial charge in [0.05, 0.1) is 5.56 Å². The van der Waals surface area contributed by atoms with Gasteiger partial charge in [-0.1, -0.05) is 6.07 Å². The van der Waals surface area contributed by atoms with Crippen LogP contribution in [0, 0.1) is 13.8 Å². The molecule has 3 nitrogen and oxygen atoms in total. The third-order valence-electron chi connectivity index (χ3n) is 2.63. The smallest absolute Gasteiger partial charge is 0.345 e. The van der Waals surface area contributed by atoms with Gasteiger partial charge in [0.25, 0.3) is 0 Å². The highest BCUT2D eigenvalue weighted by atomic mass is 79.9. The van der Waals surface area contributed by atoms with E-state index in [1.54, 1.807) is 18.3 Å². The summed E-state index contributed by atoms with van der Waals surface area (Å²) >= 11 is 3.27. The molecule has 0 radical (unpaired) electrons. The fourth-order valence-corrected chi connectivity index (χ4v) is 1.83. The Hall–Kier alpha value is -1.68. The van der Waals surface area contributed by atoms with Gasteiger partial charge >= 0.3 is 5.97 Å². The van der Waals surface area contributed by atoms with Gasteiger partial charge in [-0.25, -0.2) is 4.79 Å². The van der Waals surface area contributed by atoms with Crippen LogP contribution in [-0.4, -0.2) is 11.0 Å². The molecule has 0 saturated heterocycles. The molecular formula is C14H12BrNO2. The molecule has 0 amide bonds. The zero-order valence-corrected chi connectivity index (χ0v) is 11.7. The number of nitrogens with zero attached hydrogens (tertiary/aromatic N) is 1. The Balaban J connectivity index is 2.18. The molecule has 0 unspecified atom stereocenters. The fraction of sp³-hybridized carbons (Fsp3) is 0.143. The predicted octanol–water partition coefficient (Wildman–Crippen LogP) is 3.68. The summed E-state index contributed by atoms with van der Waals surface area (Å²) in [6.45, 7) is 3.99. The van der Waals surface area contributed by atoms with Crippen molar-refractivity contribution in [2.45, 2.75) is 13.8 Å². The molecule has 0 saturated carbocycles. The standard InChI is InChI=1S/C14H12BrNO2/c1-9-3-4-13(5-10(9)2)18-14(17)11-6-12(15)8-16-7-11/h3-8H,1-2H3. The van der Waals surface area contributed by atoms with E-state index in [1.165, 1.54) is 11.8 Å². The van der Waals surface area contributed by atoms with Crippen LogP contribution in [0.3, 0.4) is 0 Å². The van der Waals surface area contributed by atoms with Gasteiger partial charge in [-0.3, -0.25) is 4.98 Å². The van der Waals surface area contributed by atoms with Crippen LogP contribution >= 0.6 is 15.9 Å². The van der Waals surface area contributed by atoms with Crippen LogP contribution in [0.4, 0.5) is 0 Å². The average Bonchev–Trinajstić information content (AvgIpc) is 2.34. The number of esters is 1. The number of carbonyl (C=O) groups is 1. The lowest BCUT2D eigenvalue weighted by Crippen LogP contribution is -2.09. The van der Waals surface area contributed by atoms with Crippen LogP contribution in [0.15, 0.2) is 41.1 Å². The van der Waals surface area contributed by atoms with E-state index in [9.17, 15) is 4.79 Å². The lowest BCUT2D eigenvalue weighted by Gasteiger charge is -2.06. The highest BCUT2D eigenvalue weighted by Crippen LogP contribution is 2.18. The Kier molecular flexibility index (Phi) is 3.77. The maximum atomic E-state index is 11.9. The van der Waals surface area contributed by atoms with E-state index in [-0.39, 0.29) is 0 Å². The lowest BCUT2D eigenvalue weighted by atomic mass is 10.1. The summed E-state index contributed by atoms with van der Waals surface area (Å²) in [5, 5.41) is 0. The third kappa shape index (κ3) is 2.96. The molecule has 1 aromatic carbocycles. The van der Waals surface area contributed by atoms with Crippen molar-refractivity contribution < 1.29 is 9.53 Å². The number of hydrogen-bond acceptors (Lipinski definition) is 3. The first-order valence-corrected chi connectivity index (χ1v) is 6.25. The number of aryl methyl sites for hydroxylation is 2. The van der Waals surface area contributed by atoms with E-state index >= 15 is 0 Å². The second kappa shape index (κ2) is 5.31. The van der Waals surface area contributed by atoms with Crippen molar-refractivity contribution in [3.63, 3.8) is 0 Å². The van der Waals surface area contributed by atoms with E-state index in [1.807, 2.05) is 26.0 Å². The minimum absolute atomic E-state index is 0.410. The molecule has 18 heavy (non-hydrogen) atoms. The van der Waals surface area contributed by atoms with Crippen LogP contribution in [0.2, 0.25) is 0 Å². The molecule has 1 aromatic heterocycles. The zero-order chi connectivity index (χ0) is 13.1. The molecule has 0 bridgehead atoms. The highest BCUT2D eigenvalue weighted by molar-refractivity contribution is 9.10. The molecule has 0 aliphatic rings. The highest BCUT2D eigenvalue weighted by Gasteiger charge is 2.09. The summed E-state index contributed by atoms with van der Waals surface area (Å²) in [6, 6.07) is 7.23. The van der Waals surface area contributed by atoms with E-state index < -0.39 is 5.97 Å². The van der Waals surface area contributed by atoms with Crippen LogP contribution < -0.4 is 4.74 Å². The van der Waals surface area contributed by atoms with Gasteiger partial charge in [0.1, 0.15) is 5.75 Å². The molecule has 2 rings (SSSR count). The number of hydrogen-bond donors (Lipinski definition) is 0. The maximum absolute atomic E-state index is 11.9. The molecule has 0 aliphatic heterocycles. The van der Waals surface area contributed by atoms with Gasteiger partial charge in [0.15, 0.2) is 0 Å². The van der Waals surface area contributed by atoms with E-state index in [0.717, 1.165) is 10.0 Å². The minimum atomic E-state index is -0.410. The number of rotatable bonds is 2. The third-order valence-corrected chi connectivity index (χ3v) is 3.06. The summed E-state index contributed by atoms with van der Waals surface area (Å²) in [7, 11) is 0. The van der Waals surface area contributed by atoms with Crippen LogP contribution in [-0.2, 0) is 0 Å². The molecule has 1 heterocycles. The quantitative estimate of drug-likeness (QED) is 0.627. The van der Waals surface area contributed by atoms with Crippen molar-refractivity contribution in [3.05, 3.63) is 57.8 Å². The molecule has 0 fully saturated rings. The van der Waals surface area contributed by atoms with Crippen LogP contribution in [0.1, 0.15) is 21.5 Å². The average molecular weight is 306 g/mol. The number of halogens is 1. The number of aromatic nitrogens is 1. The molecule has 0 spiro atoms. The molecule has 4 heteroatoms. The SMILES string of the molecule is Cc1ccc(OC(=O)c2cncc(Br)c2)cc1C. The Morgan fingerprint density at radius 1 is 1.17 bits per heavy atom. The van der Waals surface area contributed by atoms with E-state index in [2.05, 4.69) is 20.9 Å². The van der Waals surface area contributed by atoms with Crippen molar-refractivity contribution >= 4 is 21.9 Å². The molecule has 92 valence electrons. The second-order valence-corrected chi connectivity index (χ2v) is 4.94. The van der Waals surface area contributed by atoms with Gasteiger partial charge in [0.2, 0.25) is 0 Å². The first-order chi connectivity index (χ1) is 8.56. The van der Waals surface area contributed by atoms with E-state index in [4.69, 9.17) is 4.74 Å². The van der Waals surface area contributed by atoms with Gasteiger partial charge in [-0.2, -0.15) is 0 Å². The van der Waals surface area contributed by atoms with Gasteiger partial charge in [0, 0.05) is 16.9 Å². The number of carbonyl (C=O) groups excluding carboxylic acids is 1. The van der Waals surface area contributed by atoms with Crippen molar-refractivity contribution in [3.8, 4) is 5.75 Å². The van der Waals surface area contributed by atoms with Crippen molar-refractivity contribution in [2.75, 3.05) is 0 Å². The Morgan fingerprint density at radius 2 is 1.94 bits per heavy atom. The second-order valence-electron chi connectivity index (χ2n) is 4.03. The predicted molar refractivity (Wildman–Crippen MR) is 72.8 cm³/mol. The monoisotopic (exact) mass is 305 g/mol. The van der Waals surface area contributed by atoms with Gasteiger partial charge in [-0.15, -0.1) is 0 Å². The van der Waals surface area contributed by atoms with Crippen molar-refractivity contribution in [1.29, 1.82) is 0 Å². The van der Waals surface area contributed by atoms with E-state index in [0.29, 0.717) is 11.3 Å². The van der Waals surface area contributed by atoms with Crippen molar-refractivity contribution in [2.24, 2.45) is 0 Å². The first-order valence-electron chi connectivity index (χ1n) is 5.46. The van der Waals surface area contributed by atoms with Crippen LogP contribution in [0.25, 0.3) is 0 Å². The van der Waals surface area contributed by atoms with Crippen LogP contribution in [0.5, 0.6) is 5.75 Å². The molecule has 0 atom stereocenters. The summed E-state index contributed by atoms with van der Waals surface area (Å²) in [6.07, 6.45) is 3.10. The summed E-state index contributed by atoms with van der Waals surface area (Å²) in [5.74, 6) is 0.134. The molecular weight excluding hydrogens is 294 g/mol. The topological polar surface area (TPSA) is 39.2 Å².